The summed E-state index contributed by atoms with van der Waals surface area (Å²) in [5.74, 6) is -2.16. The number of hydrogen-bond donors (Lipinski definition) is 1. The maximum Gasteiger partial charge on any atom is 0.253 e. The van der Waals surface area contributed by atoms with Gasteiger partial charge in [-0.2, -0.15) is 0 Å². The van der Waals surface area contributed by atoms with Crippen molar-refractivity contribution in [2.75, 3.05) is 13.1 Å². The minimum Gasteiger partial charge on any atom is -0.459 e. The van der Waals surface area contributed by atoms with E-state index >= 15 is 0 Å². The Bertz CT molecular complexity index is 1020. The van der Waals surface area contributed by atoms with Crippen molar-refractivity contribution in [2.24, 2.45) is 5.73 Å². The molecule has 0 atom stereocenters. The van der Waals surface area contributed by atoms with E-state index in [1.165, 1.54) is 4.90 Å². The molecule has 1 aromatic heterocycles. The average molecular weight is 449 g/mol. The molecule has 2 heterocycles. The fourth-order valence-electron chi connectivity index (χ4n) is 3.46. The van der Waals surface area contributed by atoms with Crippen molar-refractivity contribution in [3.8, 4) is 11.1 Å². The van der Waals surface area contributed by atoms with Crippen LogP contribution in [-0.2, 0) is 6.54 Å². The summed E-state index contributed by atoms with van der Waals surface area (Å²) >= 11 is 3.53. The third-order valence-electron chi connectivity index (χ3n) is 5.07. The van der Waals surface area contributed by atoms with Gasteiger partial charge >= 0.3 is 0 Å². The molecular formula is C21H19BrF2N2O2. The second-order valence-electron chi connectivity index (χ2n) is 7.02. The summed E-state index contributed by atoms with van der Waals surface area (Å²) in [4.78, 5) is 14.1. The smallest absolute Gasteiger partial charge is 0.253 e. The van der Waals surface area contributed by atoms with Gasteiger partial charge in [0.15, 0.2) is 0 Å². The number of likely N-dealkylation sites (tertiary alicyclic amines) is 1. The van der Waals surface area contributed by atoms with E-state index in [0.717, 1.165) is 26.6 Å². The zero-order chi connectivity index (χ0) is 19.9. The lowest BCUT2D eigenvalue weighted by Crippen LogP contribution is -2.42. The summed E-state index contributed by atoms with van der Waals surface area (Å²) in [5.41, 5.74) is 8.82. The molecule has 1 saturated heterocycles. The number of rotatable bonds is 3. The number of piperidine rings is 1. The molecule has 4 nitrogen and oxygen atoms in total. The summed E-state index contributed by atoms with van der Waals surface area (Å²) in [6, 6.07) is 13.1. The summed E-state index contributed by atoms with van der Waals surface area (Å²) in [6.07, 6.45) is -0.555. The van der Waals surface area contributed by atoms with E-state index in [9.17, 15) is 13.6 Å². The molecule has 1 aliphatic heterocycles. The van der Waals surface area contributed by atoms with Crippen molar-refractivity contribution in [3.63, 3.8) is 0 Å². The van der Waals surface area contributed by atoms with Crippen molar-refractivity contribution >= 4 is 32.8 Å². The quantitative estimate of drug-likeness (QED) is 0.599. The molecular weight excluding hydrogens is 430 g/mol. The van der Waals surface area contributed by atoms with Crippen molar-refractivity contribution in [3.05, 3.63) is 58.3 Å². The van der Waals surface area contributed by atoms with Gasteiger partial charge in [0, 0.05) is 36.9 Å². The molecule has 146 valence electrons. The molecule has 4 rings (SSSR count). The van der Waals surface area contributed by atoms with Crippen LogP contribution >= 0.6 is 15.9 Å². The van der Waals surface area contributed by atoms with Crippen LogP contribution in [0.5, 0.6) is 0 Å². The van der Waals surface area contributed by atoms with Gasteiger partial charge in [0.2, 0.25) is 0 Å². The van der Waals surface area contributed by atoms with Crippen LogP contribution in [0.1, 0.15) is 29.0 Å². The van der Waals surface area contributed by atoms with E-state index in [1.54, 1.807) is 12.1 Å². The molecule has 1 aliphatic rings. The number of hydrogen-bond acceptors (Lipinski definition) is 3. The Kier molecular flexibility index (Phi) is 4.97. The number of amides is 1. The number of benzene rings is 2. The monoisotopic (exact) mass is 448 g/mol. The highest BCUT2D eigenvalue weighted by Gasteiger charge is 2.35. The molecule has 0 unspecified atom stereocenters. The Morgan fingerprint density at radius 2 is 1.79 bits per heavy atom. The molecule has 28 heavy (non-hydrogen) atoms. The van der Waals surface area contributed by atoms with E-state index in [1.807, 2.05) is 30.3 Å². The van der Waals surface area contributed by atoms with Gasteiger partial charge in [0.25, 0.3) is 11.8 Å². The number of fused-ring (bicyclic) bond motifs is 1. The van der Waals surface area contributed by atoms with E-state index in [0.29, 0.717) is 17.9 Å². The zero-order valence-corrected chi connectivity index (χ0v) is 16.6. The Labute approximate surface area is 169 Å². The third-order valence-corrected chi connectivity index (χ3v) is 5.66. The molecule has 1 amide bonds. The summed E-state index contributed by atoms with van der Waals surface area (Å²) in [7, 11) is 0. The molecule has 2 aromatic carbocycles. The average Bonchev–Trinajstić information content (AvgIpc) is 3.11. The topological polar surface area (TPSA) is 59.5 Å². The predicted octanol–water partition coefficient (Wildman–Crippen LogP) is 5.19. The van der Waals surface area contributed by atoms with Crippen molar-refractivity contribution in [1.82, 2.24) is 4.90 Å². The van der Waals surface area contributed by atoms with Gasteiger partial charge in [-0.1, -0.05) is 12.1 Å². The molecule has 0 bridgehead atoms. The lowest BCUT2D eigenvalue weighted by atomic mass is 10.0. The molecule has 0 aliphatic carbocycles. The molecule has 7 heteroatoms. The number of carbonyl (C=O) groups excluding carboxylic acids is 1. The van der Waals surface area contributed by atoms with Crippen molar-refractivity contribution < 1.29 is 18.0 Å². The first-order chi connectivity index (χ1) is 13.4. The first-order valence-corrected chi connectivity index (χ1v) is 9.85. The first-order valence-electron chi connectivity index (χ1n) is 9.06. The number of nitrogens with two attached hydrogens (primary N) is 1. The van der Waals surface area contributed by atoms with Gasteiger partial charge in [-0.25, -0.2) is 8.78 Å². The van der Waals surface area contributed by atoms with Crippen LogP contribution in [0.2, 0.25) is 0 Å². The van der Waals surface area contributed by atoms with Crippen LogP contribution in [0.4, 0.5) is 8.78 Å². The second kappa shape index (κ2) is 7.29. The summed E-state index contributed by atoms with van der Waals surface area (Å²) < 4.78 is 33.1. The predicted molar refractivity (Wildman–Crippen MR) is 107 cm³/mol. The van der Waals surface area contributed by atoms with Crippen LogP contribution in [0.3, 0.4) is 0 Å². The zero-order valence-electron chi connectivity index (χ0n) is 15.1. The van der Waals surface area contributed by atoms with E-state index < -0.39 is 5.92 Å². The molecule has 0 radical (unpaired) electrons. The van der Waals surface area contributed by atoms with E-state index in [-0.39, 0.29) is 31.8 Å². The number of furan rings is 1. The van der Waals surface area contributed by atoms with Crippen LogP contribution in [0, 0.1) is 0 Å². The highest BCUT2D eigenvalue weighted by atomic mass is 79.9. The van der Waals surface area contributed by atoms with Gasteiger partial charge in [0.05, 0.1) is 11.0 Å². The molecule has 3 aromatic rings. The largest absolute Gasteiger partial charge is 0.459 e. The fourth-order valence-corrected chi connectivity index (χ4v) is 4.01. The Morgan fingerprint density at radius 1 is 1.11 bits per heavy atom. The Hall–Kier alpha value is -2.25. The first kappa shape index (κ1) is 19.1. The minimum atomic E-state index is -2.66. The normalized spacial score (nSPS) is 16.5. The third kappa shape index (κ3) is 3.69. The summed E-state index contributed by atoms with van der Waals surface area (Å²) in [6.45, 7) is 0.498. The highest BCUT2D eigenvalue weighted by Crippen LogP contribution is 2.33. The van der Waals surface area contributed by atoms with Crippen molar-refractivity contribution in [1.29, 1.82) is 0 Å². The van der Waals surface area contributed by atoms with Gasteiger partial charge in [0.1, 0.15) is 11.3 Å². The SMILES string of the molecule is NCc1cc2cc(-c3ccc(C(=O)N4CCC(F)(F)CC4)cc3)cc(Br)c2o1. The van der Waals surface area contributed by atoms with Gasteiger partial charge in [-0.3, -0.25) is 4.79 Å². The minimum absolute atomic E-state index is 0.0845. The molecule has 0 spiro atoms. The fraction of sp³-hybridized carbons (Fsp3) is 0.286. The van der Waals surface area contributed by atoms with E-state index in [2.05, 4.69) is 15.9 Å². The lowest BCUT2D eigenvalue weighted by Gasteiger charge is -2.31. The van der Waals surface area contributed by atoms with Gasteiger partial charge < -0.3 is 15.1 Å². The number of halogens is 3. The van der Waals surface area contributed by atoms with Gasteiger partial charge in [-0.15, -0.1) is 0 Å². The van der Waals surface area contributed by atoms with Gasteiger partial charge in [-0.05, 0) is 57.4 Å². The lowest BCUT2D eigenvalue weighted by molar-refractivity contribution is -0.0494. The molecule has 0 saturated carbocycles. The molecule has 2 N–H and O–H groups in total. The van der Waals surface area contributed by atoms with Crippen LogP contribution in [0.25, 0.3) is 22.1 Å². The Balaban J connectivity index is 1.56. The number of alkyl halides is 2. The highest BCUT2D eigenvalue weighted by molar-refractivity contribution is 9.10. The second-order valence-corrected chi connectivity index (χ2v) is 7.87. The van der Waals surface area contributed by atoms with Crippen LogP contribution < -0.4 is 5.73 Å². The maximum absolute atomic E-state index is 13.3. The number of carbonyl (C=O) groups is 1. The van der Waals surface area contributed by atoms with Crippen molar-refractivity contribution in [2.45, 2.75) is 25.3 Å². The maximum atomic E-state index is 13.3. The van der Waals surface area contributed by atoms with Crippen LogP contribution in [0.15, 0.2) is 51.4 Å². The molecule has 1 fully saturated rings. The van der Waals surface area contributed by atoms with Crippen LogP contribution in [-0.4, -0.2) is 29.8 Å². The van der Waals surface area contributed by atoms with E-state index in [4.69, 9.17) is 10.2 Å². The summed E-state index contributed by atoms with van der Waals surface area (Å²) in [5, 5.41) is 0.944. The standard InChI is InChI=1S/C21H19BrF2N2O2/c22-18-11-15(9-16-10-17(12-25)28-19(16)18)13-1-3-14(4-2-13)20(27)26-7-5-21(23,24)6-8-26/h1-4,9-11H,5-8,12,25H2. The Morgan fingerprint density at radius 3 is 2.43 bits per heavy atom. The number of nitrogens with zero attached hydrogens (tertiary/aromatic N) is 1.